The fraction of sp³-hybridized carbons (Fsp3) is 0.857. The Balaban J connectivity index is 0. The molecule has 0 heteroatoms. The van der Waals surface area contributed by atoms with E-state index < -0.39 is 0 Å². The molecule has 0 fully saturated rings. The zero-order chi connectivity index (χ0) is 11.2. The number of hydrogen-bond donors (Lipinski definition) is 0. The fourth-order valence-corrected chi connectivity index (χ4v) is 1.28. The van der Waals surface area contributed by atoms with Crippen LogP contribution in [0.2, 0.25) is 0 Å². The quantitative estimate of drug-likeness (QED) is 0.468. The lowest BCUT2D eigenvalue weighted by Gasteiger charge is -1.95. The SMILES string of the molecule is CCC[C](C)C.[CH2]CCCCCCC. The molecule has 0 nitrogen and oxygen atoms in total. The van der Waals surface area contributed by atoms with Crippen LogP contribution in [0.5, 0.6) is 0 Å². The van der Waals surface area contributed by atoms with Gasteiger partial charge >= 0.3 is 0 Å². The van der Waals surface area contributed by atoms with Gasteiger partial charge in [-0.15, -0.1) is 0 Å². The molecule has 0 aliphatic rings. The first-order valence-corrected chi connectivity index (χ1v) is 6.27. The van der Waals surface area contributed by atoms with Crippen LogP contribution >= 0.6 is 0 Å². The van der Waals surface area contributed by atoms with E-state index in [1.165, 1.54) is 50.9 Å². The van der Waals surface area contributed by atoms with Crippen molar-refractivity contribution in [1.29, 1.82) is 0 Å². The normalized spacial score (nSPS) is 9.86. The molecule has 2 radical (unpaired) electrons. The molecule has 0 aromatic carbocycles. The fourth-order valence-electron chi connectivity index (χ4n) is 1.28. The lowest BCUT2D eigenvalue weighted by atomic mass is 10.1. The summed E-state index contributed by atoms with van der Waals surface area (Å²) in [6.45, 7) is 12.6. The van der Waals surface area contributed by atoms with Crippen LogP contribution in [-0.2, 0) is 0 Å². The van der Waals surface area contributed by atoms with Gasteiger partial charge in [-0.05, 0) is 12.3 Å². The minimum absolute atomic E-state index is 1.11. The van der Waals surface area contributed by atoms with Gasteiger partial charge < -0.3 is 0 Å². The van der Waals surface area contributed by atoms with Gasteiger partial charge in [0.15, 0.2) is 0 Å². The number of hydrogen-bond acceptors (Lipinski definition) is 0. The van der Waals surface area contributed by atoms with E-state index in [2.05, 4.69) is 34.6 Å². The molecular weight excluding hydrogens is 168 g/mol. The third-order valence-corrected chi connectivity index (χ3v) is 2.10. The van der Waals surface area contributed by atoms with Gasteiger partial charge in [0.25, 0.3) is 0 Å². The Labute approximate surface area is 92.5 Å². The van der Waals surface area contributed by atoms with E-state index in [4.69, 9.17) is 0 Å². The van der Waals surface area contributed by atoms with E-state index in [-0.39, 0.29) is 0 Å². The van der Waals surface area contributed by atoms with Crippen LogP contribution in [0.3, 0.4) is 0 Å². The van der Waals surface area contributed by atoms with Crippen LogP contribution < -0.4 is 0 Å². The summed E-state index contributed by atoms with van der Waals surface area (Å²) in [6.07, 6.45) is 10.6. The van der Waals surface area contributed by atoms with Crippen molar-refractivity contribution in [3.8, 4) is 0 Å². The summed E-state index contributed by atoms with van der Waals surface area (Å²) in [5, 5.41) is 0. The van der Waals surface area contributed by atoms with E-state index in [0.29, 0.717) is 0 Å². The van der Waals surface area contributed by atoms with Crippen LogP contribution in [0.15, 0.2) is 0 Å². The molecule has 0 N–H and O–H groups in total. The minimum Gasteiger partial charge on any atom is -0.0654 e. The Hall–Kier alpha value is 0. The highest BCUT2D eigenvalue weighted by Crippen LogP contribution is 2.03. The molecule has 0 saturated heterocycles. The topological polar surface area (TPSA) is 0 Å². The third-order valence-electron chi connectivity index (χ3n) is 2.10. The highest BCUT2D eigenvalue weighted by molar-refractivity contribution is 4.74. The maximum absolute atomic E-state index is 3.78. The van der Waals surface area contributed by atoms with E-state index in [1.807, 2.05) is 0 Å². The summed E-state index contributed by atoms with van der Waals surface area (Å²) in [7, 11) is 0. The van der Waals surface area contributed by atoms with Crippen molar-refractivity contribution in [3.05, 3.63) is 12.8 Å². The van der Waals surface area contributed by atoms with Gasteiger partial charge in [-0.25, -0.2) is 0 Å². The average Bonchev–Trinajstić information content (AvgIpc) is 2.13. The molecule has 14 heavy (non-hydrogen) atoms. The van der Waals surface area contributed by atoms with E-state index in [1.54, 1.807) is 0 Å². The molecular formula is C14H30. The third kappa shape index (κ3) is 22.7. The smallest absolute Gasteiger partial charge is 0.0303 e. The van der Waals surface area contributed by atoms with Crippen molar-refractivity contribution in [3.63, 3.8) is 0 Å². The molecule has 0 unspecified atom stereocenters. The van der Waals surface area contributed by atoms with Crippen molar-refractivity contribution in [1.82, 2.24) is 0 Å². The van der Waals surface area contributed by atoms with Crippen LogP contribution in [-0.4, -0.2) is 0 Å². The van der Waals surface area contributed by atoms with Crippen molar-refractivity contribution < 1.29 is 0 Å². The highest BCUT2D eigenvalue weighted by Gasteiger charge is 1.86. The first-order valence-electron chi connectivity index (χ1n) is 6.27. The molecule has 0 heterocycles. The number of unbranched alkanes of at least 4 members (excludes halogenated alkanes) is 5. The molecule has 0 aliphatic heterocycles. The van der Waals surface area contributed by atoms with Gasteiger partial charge in [-0.3, -0.25) is 0 Å². The average molecular weight is 198 g/mol. The van der Waals surface area contributed by atoms with Crippen molar-refractivity contribution in [2.75, 3.05) is 0 Å². The monoisotopic (exact) mass is 198 g/mol. The molecule has 0 spiro atoms. The van der Waals surface area contributed by atoms with Gasteiger partial charge in [0.1, 0.15) is 0 Å². The summed E-state index contributed by atoms with van der Waals surface area (Å²) >= 11 is 0. The molecule has 0 amide bonds. The summed E-state index contributed by atoms with van der Waals surface area (Å²) in [5.74, 6) is 1.54. The largest absolute Gasteiger partial charge is 0.0654 e. The summed E-state index contributed by atoms with van der Waals surface area (Å²) in [4.78, 5) is 0. The van der Waals surface area contributed by atoms with Crippen LogP contribution in [0, 0.1) is 12.8 Å². The Morgan fingerprint density at radius 2 is 1.43 bits per heavy atom. The minimum atomic E-state index is 1.11. The highest BCUT2D eigenvalue weighted by atomic mass is 13.9. The molecule has 0 atom stereocenters. The van der Waals surface area contributed by atoms with Crippen molar-refractivity contribution in [2.24, 2.45) is 0 Å². The Bertz CT molecular complexity index is 68.1. The van der Waals surface area contributed by atoms with Gasteiger partial charge in [-0.2, -0.15) is 0 Å². The van der Waals surface area contributed by atoms with Crippen molar-refractivity contribution in [2.45, 2.75) is 79.1 Å². The maximum atomic E-state index is 3.78. The molecule has 0 aliphatic carbocycles. The molecule has 0 saturated carbocycles. The molecule has 0 rings (SSSR count). The van der Waals surface area contributed by atoms with Gasteiger partial charge in [0.2, 0.25) is 0 Å². The van der Waals surface area contributed by atoms with E-state index in [0.717, 1.165) is 6.42 Å². The second-order valence-corrected chi connectivity index (χ2v) is 4.22. The molecule has 0 aromatic heterocycles. The summed E-state index contributed by atoms with van der Waals surface area (Å²) in [5.41, 5.74) is 0. The molecule has 0 aromatic rings. The van der Waals surface area contributed by atoms with E-state index in [9.17, 15) is 0 Å². The van der Waals surface area contributed by atoms with Gasteiger partial charge in [0, 0.05) is 0 Å². The Kier molecular flexibility index (Phi) is 18.2. The molecule has 0 bridgehead atoms. The Morgan fingerprint density at radius 3 is 1.71 bits per heavy atom. The lowest BCUT2D eigenvalue weighted by Crippen LogP contribution is -1.78. The van der Waals surface area contributed by atoms with Gasteiger partial charge in [0.05, 0.1) is 0 Å². The lowest BCUT2D eigenvalue weighted by molar-refractivity contribution is 0.637. The first-order chi connectivity index (χ1) is 6.68. The zero-order valence-electron chi connectivity index (χ0n) is 10.9. The van der Waals surface area contributed by atoms with Crippen molar-refractivity contribution >= 4 is 0 Å². The standard InChI is InChI=1S/C8H17.C6H13/c1-3-5-7-8-6-4-2;1-4-5-6(2)3/h1,3-8H2,2H3;4-5H2,1-3H3. The first kappa shape index (κ1) is 16.4. The molecule has 86 valence electrons. The zero-order valence-corrected chi connectivity index (χ0v) is 10.9. The number of rotatable bonds is 7. The van der Waals surface area contributed by atoms with Crippen LogP contribution in [0.4, 0.5) is 0 Å². The van der Waals surface area contributed by atoms with E-state index >= 15 is 0 Å². The predicted molar refractivity (Wildman–Crippen MR) is 68.2 cm³/mol. The summed E-state index contributed by atoms with van der Waals surface area (Å²) < 4.78 is 0. The summed E-state index contributed by atoms with van der Waals surface area (Å²) in [6, 6.07) is 0. The van der Waals surface area contributed by atoms with Gasteiger partial charge in [-0.1, -0.05) is 79.6 Å². The van der Waals surface area contributed by atoms with Crippen LogP contribution in [0.1, 0.15) is 79.1 Å². The van der Waals surface area contributed by atoms with Crippen LogP contribution in [0.25, 0.3) is 0 Å². The second-order valence-electron chi connectivity index (χ2n) is 4.22. The Morgan fingerprint density at radius 1 is 0.857 bits per heavy atom. The second kappa shape index (κ2) is 15.5. The maximum Gasteiger partial charge on any atom is -0.0303 e. The predicted octanol–water partition coefficient (Wildman–Crippen LogP) is 5.58.